The van der Waals surface area contributed by atoms with Gasteiger partial charge in [0.15, 0.2) is 15.6 Å². The molecule has 0 bridgehead atoms. The number of oxazole rings is 1. The van der Waals surface area contributed by atoms with Gasteiger partial charge in [-0.2, -0.15) is 8.78 Å². The molecule has 0 amide bonds. The fourth-order valence-corrected chi connectivity index (χ4v) is 6.60. The van der Waals surface area contributed by atoms with Crippen molar-refractivity contribution in [1.29, 1.82) is 0 Å². The topological polar surface area (TPSA) is 136 Å². The maximum Gasteiger partial charge on any atom is 0.404 e. The van der Waals surface area contributed by atoms with Crippen LogP contribution in [0.5, 0.6) is 0 Å². The van der Waals surface area contributed by atoms with Crippen LogP contribution in [0.25, 0.3) is 11.3 Å². The summed E-state index contributed by atoms with van der Waals surface area (Å²) in [5.41, 5.74) is -4.74. The van der Waals surface area contributed by atoms with Crippen molar-refractivity contribution < 1.29 is 45.1 Å². The van der Waals surface area contributed by atoms with E-state index in [9.17, 15) is 22.7 Å². The molecule has 1 aromatic heterocycles. The van der Waals surface area contributed by atoms with Gasteiger partial charge in [-0.05, 0) is 74.9 Å². The highest BCUT2D eigenvalue weighted by Crippen LogP contribution is 2.64. The Balaban J connectivity index is 1.62. The van der Waals surface area contributed by atoms with Crippen LogP contribution in [-0.4, -0.2) is 37.3 Å². The molecule has 0 fully saturated rings. The standard InChI is InChI=1S/C30H28BrCl2F2N2O8PS/c1-29(2,3)27(38)43-17-44-46(39,40)30(34,35)22-11-5-18(13-23(22)31)16-37(20-8-12-24(32)25(33)14-20)28-36-15-26(45-28)19-6-9-21(10-7-19)47(4,41)42/h5-15H,16-17H2,1-4H3,(H,39,40). The van der Waals surface area contributed by atoms with Gasteiger partial charge in [-0.25, -0.2) is 13.4 Å². The Morgan fingerprint density at radius 2 is 1.72 bits per heavy atom. The summed E-state index contributed by atoms with van der Waals surface area (Å²) in [6.45, 7) is 3.41. The molecular weight excluding hydrogens is 768 g/mol. The molecule has 0 saturated carbocycles. The molecule has 0 aliphatic heterocycles. The minimum atomic E-state index is -5.68. The Morgan fingerprint density at radius 3 is 2.30 bits per heavy atom. The lowest BCUT2D eigenvalue weighted by molar-refractivity contribution is -0.160. The highest BCUT2D eigenvalue weighted by molar-refractivity contribution is 9.10. The number of halogens is 5. The van der Waals surface area contributed by atoms with Gasteiger partial charge < -0.3 is 14.0 Å². The van der Waals surface area contributed by atoms with E-state index in [-0.39, 0.29) is 32.0 Å². The van der Waals surface area contributed by atoms with Crippen molar-refractivity contribution in [3.8, 4) is 11.3 Å². The Bertz CT molecular complexity index is 1950. The van der Waals surface area contributed by atoms with Gasteiger partial charge in [0, 0.05) is 27.5 Å². The van der Waals surface area contributed by atoms with Crippen LogP contribution < -0.4 is 4.90 Å². The van der Waals surface area contributed by atoms with E-state index in [1.807, 2.05) is 0 Å². The number of aromatic nitrogens is 1. The number of ether oxygens (including phenoxy) is 1. The van der Waals surface area contributed by atoms with Crippen LogP contribution in [0.15, 0.2) is 80.6 Å². The minimum Gasteiger partial charge on any atom is -0.438 e. The molecule has 4 rings (SSSR count). The molecule has 1 N–H and O–H groups in total. The molecule has 1 unspecified atom stereocenters. The van der Waals surface area contributed by atoms with Gasteiger partial charge >= 0.3 is 25.2 Å². The molecule has 0 radical (unpaired) electrons. The summed E-state index contributed by atoms with van der Waals surface area (Å²) in [7, 11) is -9.08. The maximum absolute atomic E-state index is 15.3. The molecule has 17 heteroatoms. The van der Waals surface area contributed by atoms with Gasteiger partial charge in [0.05, 0.1) is 33.1 Å². The largest absolute Gasteiger partial charge is 0.438 e. The number of alkyl halides is 2. The zero-order valence-electron chi connectivity index (χ0n) is 25.2. The highest BCUT2D eigenvalue weighted by atomic mass is 79.9. The summed E-state index contributed by atoms with van der Waals surface area (Å²) in [6, 6.07) is 14.4. The van der Waals surface area contributed by atoms with Gasteiger partial charge in [-0.15, -0.1) is 0 Å². The predicted molar refractivity (Wildman–Crippen MR) is 177 cm³/mol. The third kappa shape index (κ3) is 8.61. The second kappa shape index (κ2) is 13.9. The van der Waals surface area contributed by atoms with Crippen LogP contribution in [-0.2, 0) is 40.7 Å². The third-order valence-corrected chi connectivity index (χ3v) is 10.5. The molecule has 47 heavy (non-hydrogen) atoms. The van der Waals surface area contributed by atoms with Crippen LogP contribution in [0.3, 0.4) is 0 Å². The van der Waals surface area contributed by atoms with Gasteiger partial charge in [-0.3, -0.25) is 18.8 Å². The smallest absolute Gasteiger partial charge is 0.404 e. The Labute approximate surface area is 288 Å². The lowest BCUT2D eigenvalue weighted by Crippen LogP contribution is -2.25. The second-order valence-electron chi connectivity index (χ2n) is 11.3. The summed E-state index contributed by atoms with van der Waals surface area (Å²) >= 11 is 15.5. The van der Waals surface area contributed by atoms with E-state index in [1.54, 1.807) is 35.2 Å². The number of hydrogen-bond acceptors (Lipinski definition) is 9. The monoisotopic (exact) mass is 794 g/mol. The molecule has 1 atom stereocenters. The average Bonchev–Trinajstić information content (AvgIpc) is 3.46. The number of nitrogens with zero attached hydrogens (tertiary/aromatic N) is 2. The second-order valence-corrected chi connectivity index (χ2v) is 16.8. The predicted octanol–water partition coefficient (Wildman–Crippen LogP) is 8.95. The van der Waals surface area contributed by atoms with Crippen molar-refractivity contribution in [2.75, 3.05) is 17.9 Å². The van der Waals surface area contributed by atoms with Crippen LogP contribution in [0.2, 0.25) is 10.0 Å². The number of rotatable bonds is 11. The minimum absolute atomic E-state index is 0.00851. The number of carbonyl (C=O) groups excluding carboxylic acids is 1. The zero-order valence-corrected chi connectivity index (χ0v) is 30.0. The Hall–Kier alpha value is -2.84. The SMILES string of the molecule is CC(C)(C)C(=O)OCOP(=O)(O)C(F)(F)c1ccc(CN(c2ccc(Cl)c(Cl)c2)c2ncc(-c3ccc(S(C)(=O)=O)cc3)o2)cc1Br. The number of sulfone groups is 1. The van der Waals surface area contributed by atoms with Crippen LogP contribution in [0.4, 0.5) is 20.5 Å². The van der Waals surface area contributed by atoms with Crippen LogP contribution >= 0.6 is 46.7 Å². The van der Waals surface area contributed by atoms with Crippen molar-refractivity contribution in [2.24, 2.45) is 5.41 Å². The highest BCUT2D eigenvalue weighted by Gasteiger charge is 2.54. The quantitative estimate of drug-likeness (QED) is 0.0890. The summed E-state index contributed by atoms with van der Waals surface area (Å²) in [4.78, 5) is 28.1. The first-order chi connectivity index (χ1) is 21.7. The lowest BCUT2D eigenvalue weighted by atomic mass is 9.98. The Kier molecular flexibility index (Phi) is 11.0. The van der Waals surface area contributed by atoms with Crippen LogP contribution in [0.1, 0.15) is 31.9 Å². The first kappa shape index (κ1) is 37.0. The number of hydrogen-bond donors (Lipinski definition) is 1. The van der Waals surface area contributed by atoms with Crippen molar-refractivity contribution in [2.45, 2.75) is 37.9 Å². The molecule has 0 spiro atoms. The number of esters is 1. The van der Waals surface area contributed by atoms with E-state index in [0.717, 1.165) is 12.3 Å². The molecule has 252 valence electrons. The summed E-state index contributed by atoms with van der Waals surface area (Å²) in [5.74, 6) is -0.492. The summed E-state index contributed by atoms with van der Waals surface area (Å²) in [6.07, 6.45) is 2.53. The normalized spacial score (nSPS) is 13.7. The van der Waals surface area contributed by atoms with E-state index in [4.69, 9.17) is 32.4 Å². The molecule has 4 aromatic rings. The molecule has 1 heterocycles. The van der Waals surface area contributed by atoms with E-state index in [1.165, 1.54) is 51.2 Å². The molecule has 3 aromatic carbocycles. The van der Waals surface area contributed by atoms with Gasteiger partial charge in [0.25, 0.3) is 0 Å². The number of benzene rings is 3. The number of anilines is 2. The fourth-order valence-electron chi connectivity index (χ4n) is 4.00. The Morgan fingerprint density at radius 1 is 1.06 bits per heavy atom. The molecule has 0 aliphatic carbocycles. The van der Waals surface area contributed by atoms with Crippen molar-refractivity contribution in [3.63, 3.8) is 0 Å². The van der Waals surface area contributed by atoms with Crippen molar-refractivity contribution in [3.05, 3.63) is 92.5 Å². The first-order valence-corrected chi connectivity index (χ1v) is 18.5. The van der Waals surface area contributed by atoms with Gasteiger partial charge in [0.2, 0.25) is 6.79 Å². The average molecular weight is 796 g/mol. The lowest BCUT2D eigenvalue weighted by Gasteiger charge is -2.25. The van der Waals surface area contributed by atoms with E-state index in [2.05, 4.69) is 25.4 Å². The van der Waals surface area contributed by atoms with Gasteiger partial charge in [0.1, 0.15) is 0 Å². The molecule has 10 nitrogen and oxygen atoms in total. The summed E-state index contributed by atoms with van der Waals surface area (Å²) < 4.78 is 81.9. The van der Waals surface area contributed by atoms with Crippen molar-refractivity contribution in [1.82, 2.24) is 4.98 Å². The van der Waals surface area contributed by atoms with Crippen LogP contribution in [0, 0.1) is 5.41 Å². The van der Waals surface area contributed by atoms with Crippen molar-refractivity contribution >= 4 is 74.2 Å². The first-order valence-electron chi connectivity index (χ1n) is 13.5. The van der Waals surface area contributed by atoms with Gasteiger partial charge in [-0.1, -0.05) is 51.3 Å². The summed E-state index contributed by atoms with van der Waals surface area (Å²) in [5, 5.41) is 0.507. The molecule has 0 saturated heterocycles. The van der Waals surface area contributed by atoms with E-state index in [0.29, 0.717) is 22.6 Å². The maximum atomic E-state index is 15.3. The number of carbonyl (C=O) groups is 1. The molecular formula is C30H28BrCl2F2N2O8PS. The van der Waals surface area contributed by atoms with E-state index >= 15 is 8.78 Å². The fraction of sp³-hybridized carbons (Fsp3) is 0.267. The molecule has 0 aliphatic rings. The zero-order chi connectivity index (χ0) is 34.9. The van der Waals surface area contributed by atoms with E-state index < -0.39 is 46.8 Å². The third-order valence-electron chi connectivity index (χ3n) is 6.59.